The molecule has 1 rings (SSSR count). The number of hydrogen-bond acceptors (Lipinski definition) is 3. The maximum Gasteiger partial charge on any atom is 0.243 e. The lowest BCUT2D eigenvalue weighted by Gasteiger charge is -2.22. The maximum atomic E-state index is 12.7. The summed E-state index contributed by atoms with van der Waals surface area (Å²) in [6.45, 7) is 9.92. The molecule has 0 radical (unpaired) electrons. The molecular formula is C14H22N2O2S. The Bertz CT molecular complexity index is 542. The van der Waals surface area contributed by atoms with E-state index in [4.69, 9.17) is 5.73 Å². The van der Waals surface area contributed by atoms with Crippen molar-refractivity contribution < 1.29 is 8.42 Å². The Morgan fingerprint density at radius 2 is 1.84 bits per heavy atom. The lowest BCUT2D eigenvalue weighted by Crippen LogP contribution is -2.33. The molecule has 0 heterocycles. The first-order valence-electron chi connectivity index (χ1n) is 6.32. The minimum absolute atomic E-state index is 0.319. The van der Waals surface area contributed by atoms with Crippen molar-refractivity contribution in [2.24, 2.45) is 0 Å². The summed E-state index contributed by atoms with van der Waals surface area (Å²) in [6.07, 6.45) is 2.37. The molecule has 0 saturated heterocycles. The summed E-state index contributed by atoms with van der Waals surface area (Å²) in [5.74, 6) is 0. The van der Waals surface area contributed by atoms with Gasteiger partial charge in [-0.05, 0) is 43.5 Å². The Morgan fingerprint density at radius 1 is 1.32 bits per heavy atom. The van der Waals surface area contributed by atoms with Gasteiger partial charge in [0.25, 0.3) is 0 Å². The monoisotopic (exact) mass is 282 g/mol. The van der Waals surface area contributed by atoms with Crippen LogP contribution < -0.4 is 5.73 Å². The highest BCUT2D eigenvalue weighted by molar-refractivity contribution is 7.89. The molecule has 0 spiro atoms. The quantitative estimate of drug-likeness (QED) is 0.644. The van der Waals surface area contributed by atoms with Gasteiger partial charge in [0.1, 0.15) is 0 Å². The second kappa shape index (κ2) is 6.21. The molecule has 0 atom stereocenters. The number of hydrogen-bond donors (Lipinski definition) is 1. The molecule has 2 N–H and O–H groups in total. The van der Waals surface area contributed by atoms with Crippen molar-refractivity contribution in [2.45, 2.75) is 32.1 Å². The number of nitrogens with zero attached hydrogens (tertiary/aromatic N) is 1. The van der Waals surface area contributed by atoms with Crippen LogP contribution in [0.5, 0.6) is 0 Å². The van der Waals surface area contributed by atoms with Crippen molar-refractivity contribution in [3.05, 3.63) is 35.9 Å². The molecule has 0 aromatic heterocycles. The van der Waals surface area contributed by atoms with Crippen LogP contribution >= 0.6 is 0 Å². The largest absolute Gasteiger partial charge is 0.399 e. The second-order valence-corrected chi connectivity index (χ2v) is 6.51. The van der Waals surface area contributed by atoms with Gasteiger partial charge < -0.3 is 5.73 Å². The highest BCUT2D eigenvalue weighted by atomic mass is 32.2. The fourth-order valence-electron chi connectivity index (χ4n) is 2.22. The van der Waals surface area contributed by atoms with E-state index in [0.29, 0.717) is 34.8 Å². The van der Waals surface area contributed by atoms with Crippen molar-refractivity contribution in [2.75, 3.05) is 18.8 Å². The van der Waals surface area contributed by atoms with Gasteiger partial charge in [0.15, 0.2) is 0 Å². The van der Waals surface area contributed by atoms with Crippen molar-refractivity contribution in [3.8, 4) is 0 Å². The fourth-order valence-corrected chi connectivity index (χ4v) is 4.14. The van der Waals surface area contributed by atoms with Crippen LogP contribution in [-0.2, 0) is 10.0 Å². The van der Waals surface area contributed by atoms with Crippen molar-refractivity contribution in [1.29, 1.82) is 0 Å². The molecule has 5 heteroatoms. The van der Waals surface area contributed by atoms with Gasteiger partial charge in [-0.1, -0.05) is 13.0 Å². The highest BCUT2D eigenvalue weighted by Crippen LogP contribution is 2.26. The molecule has 0 aliphatic heterocycles. The van der Waals surface area contributed by atoms with Crippen molar-refractivity contribution in [1.82, 2.24) is 4.31 Å². The Morgan fingerprint density at radius 3 is 2.26 bits per heavy atom. The molecule has 0 fully saturated rings. The third-order valence-electron chi connectivity index (χ3n) is 2.89. The van der Waals surface area contributed by atoms with Crippen LogP contribution in [0, 0.1) is 13.8 Å². The average Bonchev–Trinajstić information content (AvgIpc) is 2.26. The molecule has 4 nitrogen and oxygen atoms in total. The molecule has 0 amide bonds. The summed E-state index contributed by atoms with van der Waals surface area (Å²) < 4.78 is 26.9. The van der Waals surface area contributed by atoms with Gasteiger partial charge in [-0.3, -0.25) is 0 Å². The summed E-state index contributed by atoms with van der Waals surface area (Å²) >= 11 is 0. The summed E-state index contributed by atoms with van der Waals surface area (Å²) in [7, 11) is -3.50. The number of anilines is 1. The Balaban J connectivity index is 3.37. The van der Waals surface area contributed by atoms with E-state index in [2.05, 4.69) is 6.58 Å². The predicted octanol–water partition coefficient (Wildman–Crippen LogP) is 2.47. The van der Waals surface area contributed by atoms with Crippen LogP contribution in [0.2, 0.25) is 0 Å². The minimum Gasteiger partial charge on any atom is -0.399 e. The summed E-state index contributed by atoms with van der Waals surface area (Å²) in [5, 5.41) is 0. The fraction of sp³-hybridized carbons (Fsp3) is 0.429. The van der Waals surface area contributed by atoms with Gasteiger partial charge in [0, 0.05) is 18.8 Å². The number of nitrogens with two attached hydrogens (primary N) is 1. The number of aryl methyl sites for hydroxylation is 2. The van der Waals surface area contributed by atoms with E-state index in [0.717, 1.165) is 6.42 Å². The molecule has 106 valence electrons. The van der Waals surface area contributed by atoms with E-state index in [-0.39, 0.29) is 0 Å². The van der Waals surface area contributed by atoms with E-state index >= 15 is 0 Å². The smallest absolute Gasteiger partial charge is 0.243 e. The SMILES string of the molecule is C=CCN(CCC)S(=O)(=O)c1c(C)cc(N)cc1C. The Hall–Kier alpha value is -1.33. The summed E-state index contributed by atoms with van der Waals surface area (Å²) in [4.78, 5) is 0.358. The first-order chi connectivity index (χ1) is 8.84. The Labute approximate surface area is 116 Å². The van der Waals surface area contributed by atoms with E-state index in [1.807, 2.05) is 6.92 Å². The van der Waals surface area contributed by atoms with Gasteiger partial charge in [-0.25, -0.2) is 8.42 Å². The predicted molar refractivity (Wildman–Crippen MR) is 79.6 cm³/mol. The standard InChI is InChI=1S/C14H22N2O2S/c1-5-7-16(8-6-2)19(17,18)14-11(3)9-13(15)10-12(14)4/h5,9-10H,1,6-8,15H2,2-4H3. The highest BCUT2D eigenvalue weighted by Gasteiger charge is 2.26. The molecule has 0 aliphatic rings. The topological polar surface area (TPSA) is 63.4 Å². The number of sulfonamides is 1. The molecule has 1 aromatic rings. The molecule has 0 unspecified atom stereocenters. The van der Waals surface area contributed by atoms with E-state index in [9.17, 15) is 8.42 Å². The zero-order valence-electron chi connectivity index (χ0n) is 11.8. The minimum atomic E-state index is -3.50. The van der Waals surface area contributed by atoms with Gasteiger partial charge in [0.05, 0.1) is 4.90 Å². The summed E-state index contributed by atoms with van der Waals surface area (Å²) in [5.41, 5.74) is 7.69. The lowest BCUT2D eigenvalue weighted by molar-refractivity contribution is 0.441. The van der Waals surface area contributed by atoms with Crippen molar-refractivity contribution >= 4 is 15.7 Å². The van der Waals surface area contributed by atoms with Crippen LogP contribution in [0.25, 0.3) is 0 Å². The van der Waals surface area contributed by atoms with Gasteiger partial charge in [-0.15, -0.1) is 6.58 Å². The number of benzene rings is 1. The summed E-state index contributed by atoms with van der Waals surface area (Å²) in [6, 6.07) is 3.38. The van der Waals surface area contributed by atoms with Crippen molar-refractivity contribution in [3.63, 3.8) is 0 Å². The van der Waals surface area contributed by atoms with E-state index in [1.165, 1.54) is 4.31 Å². The van der Waals surface area contributed by atoms with Crippen LogP contribution in [0.3, 0.4) is 0 Å². The van der Waals surface area contributed by atoms with E-state index in [1.54, 1.807) is 32.1 Å². The van der Waals surface area contributed by atoms with Crippen LogP contribution in [0.4, 0.5) is 5.69 Å². The average molecular weight is 282 g/mol. The number of nitrogen functional groups attached to an aromatic ring is 1. The molecule has 0 aliphatic carbocycles. The van der Waals surface area contributed by atoms with E-state index < -0.39 is 10.0 Å². The first kappa shape index (κ1) is 15.7. The third-order valence-corrected chi connectivity index (χ3v) is 5.06. The van der Waals surface area contributed by atoms with Gasteiger partial charge in [-0.2, -0.15) is 4.31 Å². The molecular weight excluding hydrogens is 260 g/mol. The molecule has 1 aromatic carbocycles. The lowest BCUT2D eigenvalue weighted by atomic mass is 10.1. The molecule has 0 saturated carbocycles. The normalized spacial score (nSPS) is 11.8. The number of rotatable bonds is 6. The maximum absolute atomic E-state index is 12.7. The first-order valence-corrected chi connectivity index (χ1v) is 7.76. The van der Waals surface area contributed by atoms with Gasteiger partial charge in [0.2, 0.25) is 10.0 Å². The molecule has 0 bridgehead atoms. The zero-order chi connectivity index (χ0) is 14.6. The zero-order valence-corrected chi connectivity index (χ0v) is 12.6. The van der Waals surface area contributed by atoms with Crippen LogP contribution in [-0.4, -0.2) is 25.8 Å². The van der Waals surface area contributed by atoms with Crippen LogP contribution in [0.15, 0.2) is 29.7 Å². The third kappa shape index (κ3) is 3.36. The van der Waals surface area contributed by atoms with Gasteiger partial charge >= 0.3 is 0 Å². The molecule has 19 heavy (non-hydrogen) atoms. The second-order valence-electron chi connectivity index (χ2n) is 4.64. The van der Waals surface area contributed by atoms with Crippen LogP contribution in [0.1, 0.15) is 24.5 Å². The Kier molecular flexibility index (Phi) is 5.14.